The van der Waals surface area contributed by atoms with Gasteiger partial charge in [0.25, 0.3) is 5.91 Å². The summed E-state index contributed by atoms with van der Waals surface area (Å²) in [4.78, 5) is 25.9. The van der Waals surface area contributed by atoms with Gasteiger partial charge < -0.3 is 19.1 Å². The molecule has 1 amide bonds. The third-order valence-corrected chi connectivity index (χ3v) is 5.00. The van der Waals surface area contributed by atoms with Crippen molar-refractivity contribution in [1.29, 1.82) is 0 Å². The molecule has 0 N–H and O–H groups in total. The molecule has 0 spiro atoms. The third-order valence-electron chi connectivity index (χ3n) is 5.00. The van der Waals surface area contributed by atoms with E-state index in [9.17, 15) is 9.59 Å². The Balaban J connectivity index is 1.49. The van der Waals surface area contributed by atoms with Gasteiger partial charge in [-0.1, -0.05) is 30.3 Å². The van der Waals surface area contributed by atoms with E-state index in [0.717, 1.165) is 33.2 Å². The van der Waals surface area contributed by atoms with Gasteiger partial charge in [-0.2, -0.15) is 0 Å². The van der Waals surface area contributed by atoms with Crippen LogP contribution in [-0.2, 0) is 20.9 Å². The Bertz CT molecular complexity index is 1090. The fourth-order valence-electron chi connectivity index (χ4n) is 3.15. The number of likely N-dealkylation sites (N-methyl/N-ethyl adjacent to an activating group) is 1. The maximum absolute atomic E-state index is 12.4. The minimum atomic E-state index is -0.581. The molecular formula is C25H27NO5. The van der Waals surface area contributed by atoms with Gasteiger partial charge in [-0.05, 0) is 65.6 Å². The maximum atomic E-state index is 12.4. The highest BCUT2D eigenvalue weighted by Gasteiger charge is 2.14. The van der Waals surface area contributed by atoms with Gasteiger partial charge in [0, 0.05) is 13.6 Å². The van der Waals surface area contributed by atoms with Crippen LogP contribution in [0.3, 0.4) is 0 Å². The number of fused-ring (bicyclic) bond motifs is 1. The average Bonchev–Trinajstić information content (AvgIpc) is 2.77. The van der Waals surface area contributed by atoms with Crippen molar-refractivity contribution in [3.05, 3.63) is 71.3 Å². The number of hydrogen-bond acceptors (Lipinski definition) is 5. The number of rotatable bonds is 8. The minimum absolute atomic E-state index is 0.241. The monoisotopic (exact) mass is 421 g/mol. The Morgan fingerprint density at radius 2 is 1.65 bits per heavy atom. The van der Waals surface area contributed by atoms with Gasteiger partial charge in [-0.25, -0.2) is 4.79 Å². The Labute approximate surface area is 182 Å². The highest BCUT2D eigenvalue weighted by Crippen LogP contribution is 2.22. The van der Waals surface area contributed by atoms with Crippen molar-refractivity contribution >= 4 is 22.6 Å². The largest absolute Gasteiger partial charge is 0.497 e. The van der Waals surface area contributed by atoms with Crippen LogP contribution in [0, 0.1) is 13.8 Å². The van der Waals surface area contributed by atoms with E-state index in [0.29, 0.717) is 12.3 Å². The third kappa shape index (κ3) is 5.98. The van der Waals surface area contributed by atoms with Crippen molar-refractivity contribution in [3.63, 3.8) is 0 Å². The number of carbonyl (C=O) groups excluding carboxylic acids is 2. The zero-order chi connectivity index (χ0) is 22.4. The molecule has 0 fully saturated rings. The van der Waals surface area contributed by atoms with E-state index in [1.807, 2.05) is 68.4 Å². The van der Waals surface area contributed by atoms with Crippen molar-refractivity contribution in [2.45, 2.75) is 20.4 Å². The van der Waals surface area contributed by atoms with Gasteiger partial charge in [-0.15, -0.1) is 0 Å². The van der Waals surface area contributed by atoms with Gasteiger partial charge >= 0.3 is 5.97 Å². The number of aryl methyl sites for hydroxylation is 2. The highest BCUT2D eigenvalue weighted by molar-refractivity contribution is 5.85. The number of ether oxygens (including phenoxy) is 3. The van der Waals surface area contributed by atoms with Gasteiger partial charge in [-0.3, -0.25) is 4.79 Å². The first-order chi connectivity index (χ1) is 14.9. The van der Waals surface area contributed by atoms with Gasteiger partial charge in [0.2, 0.25) is 0 Å². The van der Waals surface area contributed by atoms with E-state index >= 15 is 0 Å². The summed E-state index contributed by atoms with van der Waals surface area (Å²) < 4.78 is 15.8. The predicted molar refractivity (Wildman–Crippen MR) is 119 cm³/mol. The van der Waals surface area contributed by atoms with Crippen LogP contribution in [0.15, 0.2) is 54.6 Å². The zero-order valence-electron chi connectivity index (χ0n) is 18.3. The number of methoxy groups -OCH3 is 1. The molecule has 0 saturated heterocycles. The van der Waals surface area contributed by atoms with E-state index < -0.39 is 5.97 Å². The SMILES string of the molecule is COc1ccc2cc(CN(C)C(=O)COC(=O)COc3cc(C)ccc3C)ccc2c1. The second kappa shape index (κ2) is 9.98. The van der Waals surface area contributed by atoms with Crippen molar-refractivity contribution in [2.24, 2.45) is 0 Å². The molecule has 0 bridgehead atoms. The molecule has 0 aliphatic heterocycles. The Morgan fingerprint density at radius 3 is 2.42 bits per heavy atom. The minimum Gasteiger partial charge on any atom is -0.497 e. The molecule has 3 aromatic carbocycles. The molecule has 0 aliphatic carbocycles. The number of amides is 1. The second-order valence-corrected chi connectivity index (χ2v) is 7.52. The Kier molecular flexibility index (Phi) is 7.13. The Hall–Kier alpha value is -3.54. The maximum Gasteiger partial charge on any atom is 0.344 e. The number of benzene rings is 3. The summed E-state index contributed by atoms with van der Waals surface area (Å²) in [6.07, 6.45) is 0. The van der Waals surface area contributed by atoms with E-state index in [2.05, 4.69) is 0 Å². The van der Waals surface area contributed by atoms with Crippen LogP contribution in [-0.4, -0.2) is 44.1 Å². The summed E-state index contributed by atoms with van der Waals surface area (Å²) in [5, 5.41) is 2.13. The average molecular weight is 421 g/mol. The lowest BCUT2D eigenvalue weighted by Gasteiger charge is -2.18. The van der Waals surface area contributed by atoms with Crippen LogP contribution < -0.4 is 9.47 Å². The lowest BCUT2D eigenvalue weighted by molar-refractivity contribution is -0.153. The second-order valence-electron chi connectivity index (χ2n) is 7.52. The van der Waals surface area contributed by atoms with Crippen molar-refractivity contribution in [2.75, 3.05) is 27.4 Å². The van der Waals surface area contributed by atoms with Crippen LogP contribution >= 0.6 is 0 Å². The molecule has 0 aliphatic rings. The summed E-state index contributed by atoms with van der Waals surface area (Å²) >= 11 is 0. The number of nitrogens with zero attached hydrogens (tertiary/aromatic N) is 1. The molecule has 0 unspecified atom stereocenters. The molecule has 6 nitrogen and oxygen atoms in total. The quantitative estimate of drug-likeness (QED) is 0.514. The Morgan fingerprint density at radius 1 is 0.903 bits per heavy atom. The summed E-state index contributed by atoms with van der Waals surface area (Å²) in [7, 11) is 3.32. The summed E-state index contributed by atoms with van der Waals surface area (Å²) in [5.41, 5.74) is 2.96. The standard InChI is InChI=1S/C25H27NO5/c1-17-5-6-18(2)23(11-17)30-16-25(28)31-15-24(27)26(3)14-19-7-8-21-13-22(29-4)10-9-20(21)12-19/h5-13H,14-16H2,1-4H3. The first kappa shape index (κ1) is 22.2. The fourth-order valence-corrected chi connectivity index (χ4v) is 3.15. The first-order valence-corrected chi connectivity index (χ1v) is 10.0. The number of carbonyl (C=O) groups is 2. The van der Waals surface area contributed by atoms with E-state index in [1.165, 1.54) is 4.90 Å². The van der Waals surface area contributed by atoms with E-state index in [4.69, 9.17) is 14.2 Å². The fraction of sp³-hybridized carbons (Fsp3) is 0.280. The molecule has 0 aromatic heterocycles. The molecule has 0 heterocycles. The molecule has 0 atom stereocenters. The van der Waals surface area contributed by atoms with E-state index in [1.54, 1.807) is 14.2 Å². The van der Waals surface area contributed by atoms with Crippen LogP contribution in [0.5, 0.6) is 11.5 Å². The van der Waals surface area contributed by atoms with Crippen molar-refractivity contribution in [3.8, 4) is 11.5 Å². The molecule has 3 rings (SSSR count). The van der Waals surface area contributed by atoms with Crippen LogP contribution in [0.25, 0.3) is 10.8 Å². The van der Waals surface area contributed by atoms with Crippen LogP contribution in [0.1, 0.15) is 16.7 Å². The van der Waals surface area contributed by atoms with Gasteiger partial charge in [0.05, 0.1) is 7.11 Å². The molecule has 162 valence electrons. The topological polar surface area (TPSA) is 65.1 Å². The molecule has 31 heavy (non-hydrogen) atoms. The van der Waals surface area contributed by atoms with Crippen LogP contribution in [0.2, 0.25) is 0 Å². The highest BCUT2D eigenvalue weighted by atomic mass is 16.6. The van der Waals surface area contributed by atoms with Crippen molar-refractivity contribution < 1.29 is 23.8 Å². The van der Waals surface area contributed by atoms with Gasteiger partial charge in [0.1, 0.15) is 11.5 Å². The van der Waals surface area contributed by atoms with E-state index in [-0.39, 0.29) is 19.1 Å². The predicted octanol–water partition coefficient (Wildman–Crippen LogP) is 4.05. The van der Waals surface area contributed by atoms with Gasteiger partial charge in [0.15, 0.2) is 13.2 Å². The van der Waals surface area contributed by atoms with Crippen LogP contribution in [0.4, 0.5) is 0 Å². The molecule has 0 saturated carbocycles. The molecule has 0 radical (unpaired) electrons. The number of hydrogen-bond donors (Lipinski definition) is 0. The zero-order valence-corrected chi connectivity index (χ0v) is 18.3. The summed E-state index contributed by atoms with van der Waals surface area (Å²) in [5.74, 6) is 0.572. The summed E-state index contributed by atoms with van der Waals surface area (Å²) in [6.45, 7) is 3.70. The van der Waals surface area contributed by atoms with Crippen molar-refractivity contribution in [1.82, 2.24) is 4.90 Å². The number of esters is 1. The smallest absolute Gasteiger partial charge is 0.344 e. The summed E-state index contributed by atoms with van der Waals surface area (Å²) in [6, 6.07) is 17.6. The lowest BCUT2D eigenvalue weighted by atomic mass is 10.1. The molecule has 3 aromatic rings. The molecule has 6 heteroatoms. The lowest BCUT2D eigenvalue weighted by Crippen LogP contribution is -2.31. The first-order valence-electron chi connectivity index (χ1n) is 10.0. The normalized spacial score (nSPS) is 10.6. The molecular weight excluding hydrogens is 394 g/mol.